The van der Waals surface area contributed by atoms with Crippen molar-refractivity contribution in [3.63, 3.8) is 0 Å². The fourth-order valence-corrected chi connectivity index (χ4v) is 6.75. The summed E-state index contributed by atoms with van der Waals surface area (Å²) in [5, 5.41) is 4.90. The number of carbonyl (C=O) groups is 1. The van der Waals surface area contributed by atoms with Gasteiger partial charge in [0, 0.05) is 6.54 Å². The van der Waals surface area contributed by atoms with E-state index in [4.69, 9.17) is 4.74 Å². The van der Waals surface area contributed by atoms with Crippen LogP contribution in [-0.4, -0.2) is 47.5 Å². The summed E-state index contributed by atoms with van der Waals surface area (Å²) >= 11 is 1.53. The molecule has 1 aliphatic rings. The van der Waals surface area contributed by atoms with Gasteiger partial charge in [-0.05, 0) is 48.6 Å². The molecule has 1 saturated heterocycles. The average molecular weight is 497 g/mol. The Morgan fingerprint density at radius 2 is 2.03 bits per heavy atom. The molecule has 0 spiro atoms. The Kier molecular flexibility index (Phi) is 5.86. The SMILES string of the molecule is COc1ccc(CNC(=O)c2nc(-c3cccs3)cc3c2nc(C)n3C2CCS(=O)(=O)C2)cc1. The van der Waals surface area contributed by atoms with Crippen LogP contribution in [0.3, 0.4) is 0 Å². The summed E-state index contributed by atoms with van der Waals surface area (Å²) in [4.78, 5) is 23.5. The summed E-state index contributed by atoms with van der Waals surface area (Å²) in [5.41, 5.74) is 3.04. The minimum atomic E-state index is -3.08. The van der Waals surface area contributed by atoms with Gasteiger partial charge in [-0.3, -0.25) is 4.79 Å². The number of methoxy groups -OCH3 is 1. The second-order valence-electron chi connectivity index (χ2n) is 8.32. The van der Waals surface area contributed by atoms with Crippen LogP contribution in [0, 0.1) is 6.92 Å². The normalized spacial score (nSPS) is 17.2. The van der Waals surface area contributed by atoms with E-state index in [2.05, 4.69) is 15.3 Å². The number of pyridine rings is 1. The van der Waals surface area contributed by atoms with Crippen LogP contribution in [0.15, 0.2) is 47.8 Å². The minimum Gasteiger partial charge on any atom is -0.497 e. The number of aromatic nitrogens is 3. The number of benzene rings is 1. The second-order valence-corrected chi connectivity index (χ2v) is 11.5. The van der Waals surface area contributed by atoms with Crippen molar-refractivity contribution in [3.05, 3.63) is 64.9 Å². The maximum absolute atomic E-state index is 13.3. The first-order valence-corrected chi connectivity index (χ1v) is 13.6. The lowest BCUT2D eigenvalue weighted by atomic mass is 10.2. The van der Waals surface area contributed by atoms with E-state index in [1.54, 1.807) is 7.11 Å². The molecule has 1 unspecified atom stereocenters. The van der Waals surface area contributed by atoms with E-state index in [0.717, 1.165) is 21.7 Å². The largest absolute Gasteiger partial charge is 0.497 e. The lowest BCUT2D eigenvalue weighted by Gasteiger charge is -2.14. The number of aryl methyl sites for hydroxylation is 1. The number of nitrogens with zero attached hydrogens (tertiary/aromatic N) is 3. The number of carbonyl (C=O) groups excluding carboxylic acids is 1. The van der Waals surface area contributed by atoms with Crippen LogP contribution >= 0.6 is 11.3 Å². The molecule has 5 rings (SSSR count). The van der Waals surface area contributed by atoms with Crippen molar-refractivity contribution in [1.29, 1.82) is 0 Å². The smallest absolute Gasteiger partial charge is 0.272 e. The molecule has 1 atom stereocenters. The van der Waals surface area contributed by atoms with Gasteiger partial charge < -0.3 is 14.6 Å². The summed E-state index contributed by atoms with van der Waals surface area (Å²) in [6, 6.07) is 13.1. The zero-order valence-corrected chi connectivity index (χ0v) is 20.4. The predicted octanol–water partition coefficient (Wildman–Crippen LogP) is 3.77. The molecule has 0 saturated carbocycles. The highest BCUT2D eigenvalue weighted by atomic mass is 32.2. The zero-order chi connectivity index (χ0) is 23.9. The van der Waals surface area contributed by atoms with Gasteiger partial charge in [0.15, 0.2) is 15.5 Å². The van der Waals surface area contributed by atoms with Crippen LogP contribution in [0.2, 0.25) is 0 Å². The maximum Gasteiger partial charge on any atom is 0.272 e. The number of rotatable bonds is 6. The van der Waals surface area contributed by atoms with Crippen molar-refractivity contribution in [2.24, 2.45) is 0 Å². The van der Waals surface area contributed by atoms with Crippen LogP contribution in [0.25, 0.3) is 21.6 Å². The molecule has 10 heteroatoms. The Hall–Kier alpha value is -3.24. The first-order chi connectivity index (χ1) is 16.3. The fourth-order valence-electron chi connectivity index (χ4n) is 4.37. The number of hydrogen-bond acceptors (Lipinski definition) is 7. The first kappa shape index (κ1) is 22.5. The summed E-state index contributed by atoms with van der Waals surface area (Å²) in [6.07, 6.45) is 0.532. The molecular formula is C24H24N4O4S2. The van der Waals surface area contributed by atoms with Crippen molar-refractivity contribution in [1.82, 2.24) is 19.9 Å². The number of thiophene rings is 1. The maximum atomic E-state index is 13.3. The van der Waals surface area contributed by atoms with Crippen molar-refractivity contribution in [2.45, 2.75) is 25.9 Å². The number of ether oxygens (including phenoxy) is 1. The van der Waals surface area contributed by atoms with Crippen LogP contribution < -0.4 is 10.1 Å². The Balaban J connectivity index is 1.54. The van der Waals surface area contributed by atoms with Gasteiger partial charge in [0.1, 0.15) is 17.1 Å². The molecule has 8 nitrogen and oxygen atoms in total. The quantitative estimate of drug-likeness (QED) is 0.436. The van der Waals surface area contributed by atoms with E-state index >= 15 is 0 Å². The highest BCUT2D eigenvalue weighted by Crippen LogP contribution is 2.33. The number of fused-ring (bicyclic) bond motifs is 1. The second kappa shape index (κ2) is 8.84. The van der Waals surface area contributed by atoms with Crippen molar-refractivity contribution in [2.75, 3.05) is 18.6 Å². The van der Waals surface area contributed by atoms with Gasteiger partial charge in [-0.25, -0.2) is 18.4 Å². The average Bonchev–Trinajstić information content (AvgIpc) is 3.55. The Morgan fingerprint density at radius 1 is 1.24 bits per heavy atom. The van der Waals surface area contributed by atoms with Crippen molar-refractivity contribution < 1.29 is 17.9 Å². The predicted molar refractivity (Wildman–Crippen MR) is 132 cm³/mol. The molecule has 1 N–H and O–H groups in total. The molecule has 0 radical (unpaired) electrons. The molecule has 176 valence electrons. The van der Waals surface area contributed by atoms with Crippen molar-refractivity contribution in [3.8, 4) is 16.3 Å². The number of sulfone groups is 1. The third kappa shape index (κ3) is 4.30. The Labute approximate surface area is 201 Å². The molecule has 0 aliphatic carbocycles. The summed E-state index contributed by atoms with van der Waals surface area (Å²) in [7, 11) is -1.47. The molecule has 1 aromatic carbocycles. The lowest BCUT2D eigenvalue weighted by Crippen LogP contribution is -2.24. The van der Waals surface area contributed by atoms with Gasteiger partial charge in [0.2, 0.25) is 0 Å². The summed E-state index contributed by atoms with van der Waals surface area (Å²) in [5.74, 6) is 1.33. The van der Waals surface area contributed by atoms with Gasteiger partial charge >= 0.3 is 0 Å². The molecular weight excluding hydrogens is 472 g/mol. The third-order valence-corrected chi connectivity index (χ3v) is 8.67. The van der Waals surface area contributed by atoms with E-state index in [1.165, 1.54) is 11.3 Å². The van der Waals surface area contributed by atoms with Crippen LogP contribution in [-0.2, 0) is 16.4 Å². The highest BCUT2D eigenvalue weighted by molar-refractivity contribution is 7.91. The van der Waals surface area contributed by atoms with E-state index < -0.39 is 9.84 Å². The molecule has 0 bridgehead atoms. The van der Waals surface area contributed by atoms with E-state index in [0.29, 0.717) is 30.0 Å². The molecule has 34 heavy (non-hydrogen) atoms. The minimum absolute atomic E-state index is 0.0783. The van der Waals surface area contributed by atoms with E-state index in [1.807, 2.05) is 59.3 Å². The third-order valence-electron chi connectivity index (χ3n) is 6.03. The highest BCUT2D eigenvalue weighted by Gasteiger charge is 2.32. The van der Waals surface area contributed by atoms with Gasteiger partial charge in [-0.2, -0.15) is 0 Å². The van der Waals surface area contributed by atoms with E-state index in [9.17, 15) is 13.2 Å². The zero-order valence-electron chi connectivity index (χ0n) is 18.8. The number of nitrogens with one attached hydrogen (secondary N) is 1. The summed E-state index contributed by atoms with van der Waals surface area (Å²) < 4.78 is 31.5. The number of amides is 1. The summed E-state index contributed by atoms with van der Waals surface area (Å²) in [6.45, 7) is 2.17. The fraction of sp³-hybridized carbons (Fsp3) is 0.292. The molecule has 4 aromatic rings. The molecule has 1 aliphatic heterocycles. The monoisotopic (exact) mass is 496 g/mol. The Bertz CT molecular complexity index is 1460. The van der Waals surface area contributed by atoms with Gasteiger partial charge in [0.05, 0.1) is 40.7 Å². The topological polar surface area (TPSA) is 103 Å². The van der Waals surface area contributed by atoms with Gasteiger partial charge in [-0.15, -0.1) is 11.3 Å². The van der Waals surface area contributed by atoms with Gasteiger partial charge in [-0.1, -0.05) is 18.2 Å². The Morgan fingerprint density at radius 3 is 2.68 bits per heavy atom. The van der Waals surface area contributed by atoms with Crippen LogP contribution in [0.4, 0.5) is 0 Å². The first-order valence-electron chi connectivity index (χ1n) is 10.9. The molecule has 1 fully saturated rings. The van der Waals surface area contributed by atoms with Crippen molar-refractivity contribution >= 4 is 38.1 Å². The van der Waals surface area contributed by atoms with Crippen LogP contribution in [0.5, 0.6) is 5.75 Å². The van der Waals surface area contributed by atoms with E-state index in [-0.39, 0.29) is 29.1 Å². The number of hydrogen-bond donors (Lipinski definition) is 1. The lowest BCUT2D eigenvalue weighted by molar-refractivity contribution is 0.0947. The standard InChI is InChI=1S/C24H24N4O4S2/c1-15-26-22-20(28(15)17-9-11-34(30,31)14-17)12-19(21-4-3-10-33-21)27-23(22)24(29)25-13-16-5-7-18(32-2)8-6-16/h3-8,10,12,17H,9,11,13-14H2,1-2H3,(H,25,29). The number of imidazole rings is 1. The molecule has 3 aromatic heterocycles. The van der Waals surface area contributed by atoms with Gasteiger partial charge in [0.25, 0.3) is 5.91 Å². The molecule has 1 amide bonds. The molecule has 4 heterocycles. The van der Waals surface area contributed by atoms with Crippen LogP contribution in [0.1, 0.15) is 34.3 Å².